The van der Waals surface area contributed by atoms with E-state index < -0.39 is 0 Å². The molecule has 0 saturated carbocycles. The summed E-state index contributed by atoms with van der Waals surface area (Å²) in [5.41, 5.74) is 1.15. The Kier molecular flexibility index (Phi) is 3.66. The van der Waals surface area contributed by atoms with Crippen molar-refractivity contribution in [2.75, 3.05) is 12.4 Å². The van der Waals surface area contributed by atoms with Crippen molar-refractivity contribution in [2.45, 2.75) is 0 Å². The van der Waals surface area contributed by atoms with Gasteiger partial charge in [-0.3, -0.25) is 0 Å². The molecule has 1 heterocycles. The van der Waals surface area contributed by atoms with Gasteiger partial charge in [0.15, 0.2) is 0 Å². The minimum absolute atomic E-state index is 0.362. The summed E-state index contributed by atoms with van der Waals surface area (Å²) < 4.78 is 5.12. The average Bonchev–Trinajstić information content (AvgIpc) is 2.41. The molecule has 18 heavy (non-hydrogen) atoms. The minimum Gasteiger partial charge on any atom is -0.495 e. The topological polar surface area (TPSA) is 57.9 Å². The van der Waals surface area contributed by atoms with E-state index in [1.165, 1.54) is 0 Å². The molecule has 4 nitrogen and oxygen atoms in total. The third-order valence-corrected chi connectivity index (χ3v) is 2.60. The second-order valence-corrected chi connectivity index (χ2v) is 3.90. The molecule has 2 aromatic rings. The van der Waals surface area contributed by atoms with Crippen LogP contribution in [0.3, 0.4) is 0 Å². The molecule has 0 spiro atoms. The fourth-order valence-corrected chi connectivity index (χ4v) is 1.65. The van der Waals surface area contributed by atoms with Crippen LogP contribution in [-0.4, -0.2) is 12.1 Å². The predicted molar refractivity (Wildman–Crippen MR) is 70.2 cm³/mol. The van der Waals surface area contributed by atoms with Gasteiger partial charge in [-0.15, -0.1) is 0 Å². The Labute approximate surface area is 110 Å². The first-order chi connectivity index (χ1) is 8.72. The number of nitriles is 1. The molecule has 0 saturated heterocycles. The highest BCUT2D eigenvalue weighted by Crippen LogP contribution is 2.28. The summed E-state index contributed by atoms with van der Waals surface area (Å²) in [4.78, 5) is 4.12. The van der Waals surface area contributed by atoms with Crippen LogP contribution in [0.15, 0.2) is 36.4 Å². The number of anilines is 2. The summed E-state index contributed by atoms with van der Waals surface area (Å²) in [6, 6.07) is 12.5. The molecule has 0 radical (unpaired) electrons. The van der Waals surface area contributed by atoms with Crippen molar-refractivity contribution in [1.82, 2.24) is 4.98 Å². The van der Waals surface area contributed by atoms with Crippen LogP contribution in [0.2, 0.25) is 5.02 Å². The van der Waals surface area contributed by atoms with Crippen LogP contribution in [0, 0.1) is 11.3 Å². The number of nitrogens with zero attached hydrogens (tertiary/aromatic N) is 2. The fraction of sp³-hybridized carbons (Fsp3) is 0.0769. The molecule has 0 bridgehead atoms. The lowest BCUT2D eigenvalue weighted by Gasteiger charge is -2.08. The van der Waals surface area contributed by atoms with Gasteiger partial charge in [0.25, 0.3) is 0 Å². The molecule has 0 aliphatic carbocycles. The maximum Gasteiger partial charge on any atom is 0.142 e. The van der Waals surface area contributed by atoms with Crippen LogP contribution in [0.5, 0.6) is 5.75 Å². The number of ether oxygens (including phenoxy) is 1. The number of pyridine rings is 1. The van der Waals surface area contributed by atoms with E-state index in [1.54, 1.807) is 37.4 Å². The van der Waals surface area contributed by atoms with Crippen LogP contribution in [0.4, 0.5) is 11.5 Å². The number of hydrogen-bond donors (Lipinski definition) is 1. The summed E-state index contributed by atoms with van der Waals surface area (Å²) in [5.74, 6) is 1.18. The fourth-order valence-electron chi connectivity index (χ4n) is 1.45. The highest BCUT2D eigenvalue weighted by Gasteiger charge is 2.03. The highest BCUT2D eigenvalue weighted by atomic mass is 35.5. The second kappa shape index (κ2) is 5.39. The molecule has 2 rings (SSSR count). The van der Waals surface area contributed by atoms with E-state index in [9.17, 15) is 0 Å². The van der Waals surface area contributed by atoms with Gasteiger partial charge < -0.3 is 10.1 Å². The van der Waals surface area contributed by atoms with Crippen molar-refractivity contribution in [3.63, 3.8) is 0 Å². The Bertz CT molecular complexity index is 607. The van der Waals surface area contributed by atoms with E-state index in [0.717, 1.165) is 5.69 Å². The second-order valence-electron chi connectivity index (χ2n) is 3.49. The minimum atomic E-state index is 0.362. The summed E-state index contributed by atoms with van der Waals surface area (Å²) in [6.07, 6.45) is 0. The van der Waals surface area contributed by atoms with E-state index in [-0.39, 0.29) is 0 Å². The number of rotatable bonds is 3. The zero-order valence-corrected chi connectivity index (χ0v) is 10.4. The van der Waals surface area contributed by atoms with Gasteiger partial charge in [-0.2, -0.15) is 5.26 Å². The molecule has 0 fully saturated rings. The largest absolute Gasteiger partial charge is 0.495 e. The maximum absolute atomic E-state index is 8.77. The van der Waals surface area contributed by atoms with E-state index in [0.29, 0.717) is 22.3 Å². The molecule has 0 unspecified atom stereocenters. The van der Waals surface area contributed by atoms with E-state index in [4.69, 9.17) is 21.6 Å². The molecule has 0 amide bonds. The zero-order valence-electron chi connectivity index (χ0n) is 9.64. The first-order valence-electron chi connectivity index (χ1n) is 5.20. The normalized spacial score (nSPS) is 9.61. The molecular weight excluding hydrogens is 250 g/mol. The quantitative estimate of drug-likeness (QED) is 0.918. The molecule has 0 atom stereocenters. The summed E-state index contributed by atoms with van der Waals surface area (Å²) in [6.45, 7) is 0. The van der Waals surface area contributed by atoms with Crippen molar-refractivity contribution in [3.05, 3.63) is 47.1 Å². The molecule has 1 aromatic carbocycles. The summed E-state index contributed by atoms with van der Waals surface area (Å²) in [5, 5.41) is 12.4. The van der Waals surface area contributed by atoms with E-state index >= 15 is 0 Å². The monoisotopic (exact) mass is 259 g/mol. The zero-order chi connectivity index (χ0) is 13.0. The van der Waals surface area contributed by atoms with Gasteiger partial charge in [-0.05, 0) is 24.3 Å². The van der Waals surface area contributed by atoms with Gasteiger partial charge in [0.2, 0.25) is 0 Å². The lowest BCUT2D eigenvalue weighted by atomic mass is 10.3. The molecule has 5 heteroatoms. The van der Waals surface area contributed by atoms with Crippen LogP contribution in [-0.2, 0) is 0 Å². The Morgan fingerprint density at radius 3 is 2.89 bits per heavy atom. The number of methoxy groups -OCH3 is 1. The number of hydrogen-bond acceptors (Lipinski definition) is 4. The van der Waals surface area contributed by atoms with Crippen LogP contribution >= 0.6 is 11.6 Å². The average molecular weight is 260 g/mol. The van der Waals surface area contributed by atoms with Gasteiger partial charge in [0.05, 0.1) is 12.1 Å². The number of halogens is 1. The van der Waals surface area contributed by atoms with Crippen molar-refractivity contribution >= 4 is 23.1 Å². The SMILES string of the molecule is COc1cc(Nc2cccc(C#N)n2)ccc1Cl. The Morgan fingerprint density at radius 1 is 1.33 bits per heavy atom. The molecule has 90 valence electrons. The Hall–Kier alpha value is -2.25. The van der Waals surface area contributed by atoms with Crippen molar-refractivity contribution in [2.24, 2.45) is 0 Å². The Morgan fingerprint density at radius 2 is 2.17 bits per heavy atom. The first-order valence-corrected chi connectivity index (χ1v) is 5.58. The number of benzene rings is 1. The van der Waals surface area contributed by atoms with Crippen molar-refractivity contribution in [1.29, 1.82) is 5.26 Å². The van der Waals surface area contributed by atoms with E-state index in [2.05, 4.69) is 10.3 Å². The smallest absolute Gasteiger partial charge is 0.142 e. The van der Waals surface area contributed by atoms with Gasteiger partial charge in [0, 0.05) is 11.8 Å². The van der Waals surface area contributed by atoms with Crippen molar-refractivity contribution < 1.29 is 4.74 Å². The highest BCUT2D eigenvalue weighted by molar-refractivity contribution is 6.32. The van der Waals surface area contributed by atoms with Gasteiger partial charge in [0.1, 0.15) is 23.3 Å². The van der Waals surface area contributed by atoms with E-state index in [1.807, 2.05) is 12.1 Å². The van der Waals surface area contributed by atoms with Crippen molar-refractivity contribution in [3.8, 4) is 11.8 Å². The molecular formula is C13H10ClN3O. The van der Waals surface area contributed by atoms with Crippen LogP contribution in [0.1, 0.15) is 5.69 Å². The van der Waals surface area contributed by atoms with Gasteiger partial charge >= 0.3 is 0 Å². The van der Waals surface area contributed by atoms with Gasteiger partial charge in [-0.25, -0.2) is 4.98 Å². The lowest BCUT2D eigenvalue weighted by molar-refractivity contribution is 0.415. The number of aromatic nitrogens is 1. The molecule has 0 aliphatic rings. The summed E-state index contributed by atoms with van der Waals surface area (Å²) in [7, 11) is 1.56. The first kappa shape index (κ1) is 12.2. The van der Waals surface area contributed by atoms with Crippen LogP contribution in [0.25, 0.3) is 0 Å². The van der Waals surface area contributed by atoms with Crippen LogP contribution < -0.4 is 10.1 Å². The standard InChI is InChI=1S/C13H10ClN3O/c1-18-12-7-9(5-6-11(12)14)16-13-4-2-3-10(8-15)17-13/h2-7H,1H3,(H,16,17). The van der Waals surface area contributed by atoms with Gasteiger partial charge in [-0.1, -0.05) is 17.7 Å². The summed E-state index contributed by atoms with van der Waals surface area (Å²) >= 11 is 5.94. The number of nitrogens with one attached hydrogen (secondary N) is 1. The molecule has 0 aliphatic heterocycles. The third-order valence-electron chi connectivity index (χ3n) is 2.29. The predicted octanol–water partition coefficient (Wildman–Crippen LogP) is 3.36. The third kappa shape index (κ3) is 2.70. The molecule has 1 aromatic heterocycles. The molecule has 1 N–H and O–H groups in total. The maximum atomic E-state index is 8.77. The Balaban J connectivity index is 2.26. The lowest BCUT2D eigenvalue weighted by Crippen LogP contribution is -1.95.